The van der Waals surface area contributed by atoms with Gasteiger partial charge >= 0.3 is 0 Å². The standard InChI is InChI=1S/C26H34N8O2/c35-22-6-3-9-32(22)12-13-34-19-28-23-24(27-8-11-31-14-16-36-17-15-31)29-26(30-25(23)34)33-10-7-20-4-1-2-5-21(20)18-33/h1-2,4-5,19H,3,6-18H2,(H,27,29,30). The lowest BCUT2D eigenvalue weighted by Gasteiger charge is -2.29. The second kappa shape index (κ2) is 10.4. The third-order valence-electron chi connectivity index (χ3n) is 7.47. The first-order valence-electron chi connectivity index (χ1n) is 13.1. The lowest BCUT2D eigenvalue weighted by Crippen LogP contribution is -2.39. The quantitative estimate of drug-likeness (QED) is 0.511. The van der Waals surface area contributed by atoms with E-state index in [1.54, 1.807) is 0 Å². The SMILES string of the molecule is O=C1CCCN1CCn1cnc2c(NCCN3CCOCC3)nc(N3CCc4ccccc4C3)nc21. The van der Waals surface area contributed by atoms with Crippen LogP contribution < -0.4 is 10.2 Å². The molecule has 0 atom stereocenters. The zero-order valence-electron chi connectivity index (χ0n) is 20.7. The van der Waals surface area contributed by atoms with Gasteiger partial charge in [0.2, 0.25) is 11.9 Å². The van der Waals surface area contributed by atoms with Gasteiger partial charge in [0.15, 0.2) is 17.0 Å². The van der Waals surface area contributed by atoms with Gasteiger partial charge in [0.05, 0.1) is 19.5 Å². The van der Waals surface area contributed by atoms with E-state index in [1.807, 2.05) is 11.2 Å². The Bertz CT molecular complexity index is 1220. The molecule has 0 spiro atoms. The van der Waals surface area contributed by atoms with Crippen LogP contribution in [0.1, 0.15) is 24.0 Å². The third kappa shape index (κ3) is 4.87. The molecule has 190 valence electrons. The summed E-state index contributed by atoms with van der Waals surface area (Å²) >= 11 is 0. The molecule has 1 N–H and O–H groups in total. The van der Waals surface area contributed by atoms with E-state index in [2.05, 4.69) is 43.9 Å². The molecule has 3 aliphatic rings. The molecule has 0 radical (unpaired) electrons. The summed E-state index contributed by atoms with van der Waals surface area (Å²) in [6.45, 7) is 9.10. The highest BCUT2D eigenvalue weighted by molar-refractivity contribution is 5.84. The molecule has 0 saturated carbocycles. The first kappa shape index (κ1) is 23.2. The molecule has 2 saturated heterocycles. The maximum atomic E-state index is 12.1. The molecule has 3 aliphatic heterocycles. The topological polar surface area (TPSA) is 91.7 Å². The number of morpholine rings is 1. The van der Waals surface area contributed by atoms with Gasteiger partial charge in [-0.25, -0.2) is 4.98 Å². The van der Waals surface area contributed by atoms with Gasteiger partial charge in [-0.3, -0.25) is 9.69 Å². The molecule has 1 amide bonds. The highest BCUT2D eigenvalue weighted by Gasteiger charge is 2.23. The number of nitrogens with one attached hydrogen (secondary N) is 1. The van der Waals surface area contributed by atoms with Crippen LogP contribution in [0.4, 0.5) is 11.8 Å². The van der Waals surface area contributed by atoms with Gasteiger partial charge < -0.3 is 24.4 Å². The maximum absolute atomic E-state index is 12.1. The van der Waals surface area contributed by atoms with Crippen molar-refractivity contribution in [1.29, 1.82) is 0 Å². The number of benzene rings is 1. The minimum absolute atomic E-state index is 0.243. The van der Waals surface area contributed by atoms with Crippen LogP contribution >= 0.6 is 0 Å². The summed E-state index contributed by atoms with van der Waals surface area (Å²) in [6, 6.07) is 8.61. The highest BCUT2D eigenvalue weighted by atomic mass is 16.5. The second-order valence-corrected chi connectivity index (χ2v) is 9.79. The molecule has 3 aromatic rings. The normalized spacial score (nSPS) is 18.7. The fraction of sp³-hybridized carbons (Fsp3) is 0.538. The van der Waals surface area contributed by atoms with E-state index in [-0.39, 0.29) is 5.91 Å². The largest absolute Gasteiger partial charge is 0.379 e. The Labute approximate surface area is 211 Å². The minimum Gasteiger partial charge on any atom is -0.379 e. The Kier molecular flexibility index (Phi) is 6.69. The molecule has 0 aliphatic carbocycles. The summed E-state index contributed by atoms with van der Waals surface area (Å²) in [6.07, 6.45) is 4.42. The van der Waals surface area contributed by atoms with Crippen molar-refractivity contribution in [1.82, 2.24) is 29.3 Å². The number of imidazole rings is 1. The molecule has 0 bridgehead atoms. The van der Waals surface area contributed by atoms with Crippen molar-refractivity contribution in [2.75, 3.05) is 69.2 Å². The van der Waals surface area contributed by atoms with Gasteiger partial charge in [0.25, 0.3) is 0 Å². The molecule has 1 aromatic carbocycles. The molecule has 6 rings (SSSR count). The first-order valence-corrected chi connectivity index (χ1v) is 13.1. The first-order chi connectivity index (χ1) is 17.7. The van der Waals surface area contributed by atoms with Crippen molar-refractivity contribution in [2.45, 2.75) is 32.4 Å². The molecule has 0 unspecified atom stereocenters. The van der Waals surface area contributed by atoms with Crippen molar-refractivity contribution in [3.05, 3.63) is 41.7 Å². The van der Waals surface area contributed by atoms with Crippen LogP contribution in [0.15, 0.2) is 30.6 Å². The summed E-state index contributed by atoms with van der Waals surface area (Å²) in [5.41, 5.74) is 4.33. The zero-order valence-corrected chi connectivity index (χ0v) is 20.7. The zero-order chi connectivity index (χ0) is 24.3. The Balaban J connectivity index is 1.25. The van der Waals surface area contributed by atoms with E-state index in [4.69, 9.17) is 19.7 Å². The van der Waals surface area contributed by atoms with Crippen molar-refractivity contribution in [2.24, 2.45) is 0 Å². The number of aromatic nitrogens is 4. The third-order valence-corrected chi connectivity index (χ3v) is 7.47. The van der Waals surface area contributed by atoms with E-state index in [1.165, 1.54) is 11.1 Å². The van der Waals surface area contributed by atoms with Gasteiger partial charge in [-0.15, -0.1) is 0 Å². The molecule has 36 heavy (non-hydrogen) atoms. The van der Waals surface area contributed by atoms with E-state index in [0.717, 1.165) is 94.8 Å². The number of hydrogen-bond donors (Lipinski definition) is 1. The average molecular weight is 491 g/mol. The number of fused-ring (bicyclic) bond motifs is 2. The lowest BCUT2D eigenvalue weighted by atomic mass is 10.0. The van der Waals surface area contributed by atoms with E-state index in [9.17, 15) is 4.79 Å². The van der Waals surface area contributed by atoms with Crippen molar-refractivity contribution < 1.29 is 9.53 Å². The molecular formula is C26H34N8O2. The molecule has 10 nitrogen and oxygen atoms in total. The number of likely N-dealkylation sites (tertiary alicyclic amines) is 1. The Morgan fingerprint density at radius 2 is 1.81 bits per heavy atom. The summed E-state index contributed by atoms with van der Waals surface area (Å²) in [7, 11) is 0. The monoisotopic (exact) mass is 490 g/mol. The van der Waals surface area contributed by atoms with E-state index < -0.39 is 0 Å². The van der Waals surface area contributed by atoms with Gasteiger partial charge in [-0.1, -0.05) is 24.3 Å². The number of nitrogens with zero attached hydrogens (tertiary/aromatic N) is 7. The second-order valence-electron chi connectivity index (χ2n) is 9.79. The number of anilines is 2. The van der Waals surface area contributed by atoms with Gasteiger partial charge in [-0.2, -0.15) is 9.97 Å². The fourth-order valence-electron chi connectivity index (χ4n) is 5.35. The van der Waals surface area contributed by atoms with Crippen molar-refractivity contribution in [3.63, 3.8) is 0 Å². The average Bonchev–Trinajstić information content (AvgIpc) is 3.53. The number of carbonyl (C=O) groups excluding carboxylic acids is 1. The van der Waals surface area contributed by atoms with Crippen LogP contribution in [-0.4, -0.2) is 94.3 Å². The van der Waals surface area contributed by atoms with Crippen LogP contribution in [-0.2, 0) is 29.0 Å². The maximum Gasteiger partial charge on any atom is 0.229 e. The molecule has 10 heteroatoms. The van der Waals surface area contributed by atoms with Crippen LogP contribution in [0.25, 0.3) is 11.2 Å². The summed E-state index contributed by atoms with van der Waals surface area (Å²) in [5, 5.41) is 3.55. The molecule has 5 heterocycles. The Morgan fingerprint density at radius 1 is 0.944 bits per heavy atom. The summed E-state index contributed by atoms with van der Waals surface area (Å²) < 4.78 is 7.54. The number of hydrogen-bond acceptors (Lipinski definition) is 8. The summed E-state index contributed by atoms with van der Waals surface area (Å²) in [5.74, 6) is 1.75. The fourth-order valence-corrected chi connectivity index (χ4v) is 5.35. The lowest BCUT2D eigenvalue weighted by molar-refractivity contribution is -0.127. The van der Waals surface area contributed by atoms with Crippen LogP contribution in [0.5, 0.6) is 0 Å². The van der Waals surface area contributed by atoms with Crippen molar-refractivity contribution in [3.8, 4) is 0 Å². The van der Waals surface area contributed by atoms with Crippen LogP contribution in [0, 0.1) is 0 Å². The van der Waals surface area contributed by atoms with Gasteiger partial charge in [0, 0.05) is 65.3 Å². The number of ether oxygens (including phenoxy) is 1. The van der Waals surface area contributed by atoms with E-state index in [0.29, 0.717) is 19.5 Å². The van der Waals surface area contributed by atoms with Gasteiger partial charge in [-0.05, 0) is 24.0 Å². The predicted octanol–water partition coefficient (Wildman–Crippen LogP) is 1.76. The number of rotatable bonds is 8. The number of carbonyl (C=O) groups is 1. The molecular weight excluding hydrogens is 456 g/mol. The predicted molar refractivity (Wildman–Crippen MR) is 138 cm³/mol. The highest BCUT2D eigenvalue weighted by Crippen LogP contribution is 2.27. The Morgan fingerprint density at radius 3 is 2.64 bits per heavy atom. The van der Waals surface area contributed by atoms with Crippen LogP contribution in [0.2, 0.25) is 0 Å². The minimum atomic E-state index is 0.243. The smallest absolute Gasteiger partial charge is 0.229 e. The Hall–Kier alpha value is -3.24. The van der Waals surface area contributed by atoms with Crippen molar-refractivity contribution >= 4 is 28.8 Å². The van der Waals surface area contributed by atoms with Gasteiger partial charge in [0.1, 0.15) is 0 Å². The number of amides is 1. The molecule has 2 aromatic heterocycles. The molecule has 2 fully saturated rings. The van der Waals surface area contributed by atoms with E-state index >= 15 is 0 Å². The summed E-state index contributed by atoms with van der Waals surface area (Å²) in [4.78, 5) is 33.4. The van der Waals surface area contributed by atoms with Crippen LogP contribution in [0.3, 0.4) is 0 Å².